The maximum atomic E-state index is 12.3. The predicted molar refractivity (Wildman–Crippen MR) is 130 cm³/mol. The molecule has 7 heteroatoms. The maximum absolute atomic E-state index is 12.3. The fourth-order valence-electron chi connectivity index (χ4n) is 3.79. The Bertz CT molecular complexity index is 1440. The van der Waals surface area contributed by atoms with Crippen LogP contribution in [0.15, 0.2) is 66.7 Å². The Kier molecular flexibility index (Phi) is 6.60. The number of nitriles is 1. The summed E-state index contributed by atoms with van der Waals surface area (Å²) in [6, 6.07) is 22.0. The minimum absolute atomic E-state index is 0.154. The molecule has 0 aliphatic heterocycles. The van der Waals surface area contributed by atoms with Gasteiger partial charge in [0.2, 0.25) is 0 Å². The third-order valence-electron chi connectivity index (χ3n) is 5.20. The van der Waals surface area contributed by atoms with Gasteiger partial charge in [-0.15, -0.1) is 0 Å². The molecule has 2 amide bonds. The van der Waals surface area contributed by atoms with Crippen LogP contribution in [-0.4, -0.2) is 25.3 Å². The third-order valence-corrected chi connectivity index (χ3v) is 5.20. The first-order valence-electron chi connectivity index (χ1n) is 10.5. The van der Waals surface area contributed by atoms with Crippen LogP contribution in [0.25, 0.3) is 32.7 Å². The lowest BCUT2D eigenvalue weighted by atomic mass is 9.91. The number of carbonyl (C=O) groups is 2. The van der Waals surface area contributed by atoms with Crippen LogP contribution in [0, 0.1) is 25.2 Å². The zero-order valence-corrected chi connectivity index (χ0v) is 18.3. The number of nitrogens with one attached hydrogen (secondary N) is 2. The van der Waals surface area contributed by atoms with E-state index in [1.807, 2.05) is 30.3 Å². The van der Waals surface area contributed by atoms with Crippen molar-refractivity contribution in [3.05, 3.63) is 86.1 Å². The molecule has 0 aromatic heterocycles. The second kappa shape index (κ2) is 9.92. The molecule has 34 heavy (non-hydrogen) atoms. The number of hydrogen-bond acceptors (Lipinski definition) is 5. The van der Waals surface area contributed by atoms with E-state index in [1.165, 1.54) is 0 Å². The topological polar surface area (TPSA) is 100 Å². The van der Waals surface area contributed by atoms with Gasteiger partial charge in [0.05, 0.1) is 11.6 Å². The van der Waals surface area contributed by atoms with Gasteiger partial charge in [0, 0.05) is 24.2 Å². The lowest BCUT2D eigenvalue weighted by Gasteiger charge is -2.18. The van der Waals surface area contributed by atoms with Crippen molar-refractivity contribution in [2.45, 2.75) is 0 Å². The number of ether oxygens (including phenoxy) is 2. The molecule has 0 aliphatic rings. The van der Waals surface area contributed by atoms with Gasteiger partial charge in [-0.3, -0.25) is 0 Å². The second-order valence-corrected chi connectivity index (χ2v) is 7.28. The van der Waals surface area contributed by atoms with E-state index in [9.17, 15) is 14.9 Å². The Hall–Kier alpha value is -4.57. The fraction of sp³-hybridized carbons (Fsp3) is 0.0741. The molecule has 168 valence electrons. The molecule has 7 nitrogen and oxygen atoms in total. The molecule has 0 unspecified atom stereocenters. The van der Waals surface area contributed by atoms with Crippen LogP contribution in [0.3, 0.4) is 0 Å². The van der Waals surface area contributed by atoms with Crippen LogP contribution >= 0.6 is 0 Å². The van der Waals surface area contributed by atoms with E-state index in [0.29, 0.717) is 16.7 Å². The van der Waals surface area contributed by atoms with Crippen molar-refractivity contribution in [2.24, 2.45) is 0 Å². The minimum atomic E-state index is -0.665. The van der Waals surface area contributed by atoms with Gasteiger partial charge in [-0.25, -0.2) is 9.59 Å². The van der Waals surface area contributed by atoms with Crippen LogP contribution < -0.4 is 20.1 Å². The number of nitrogens with zero attached hydrogens (tertiary/aromatic N) is 1. The number of fused-ring (bicyclic) bond motifs is 2. The lowest BCUT2D eigenvalue weighted by Crippen LogP contribution is -2.27. The molecule has 4 aromatic rings. The number of amides is 2. The van der Waals surface area contributed by atoms with Gasteiger partial charge < -0.3 is 20.1 Å². The summed E-state index contributed by atoms with van der Waals surface area (Å²) < 4.78 is 11.3. The lowest BCUT2D eigenvalue weighted by molar-refractivity contribution is 0.200. The summed E-state index contributed by atoms with van der Waals surface area (Å²) in [5.74, 6) is 0.547. The molecular weight excluding hydrogens is 430 g/mol. The quantitative estimate of drug-likeness (QED) is 0.424. The Morgan fingerprint density at radius 1 is 0.765 bits per heavy atom. The first-order chi connectivity index (χ1) is 16.5. The smallest absolute Gasteiger partial charge is 0.410 e. The molecule has 0 aliphatic carbocycles. The zero-order valence-electron chi connectivity index (χ0n) is 18.3. The average molecular weight is 451 g/mol. The Balaban J connectivity index is 2.05. The fourth-order valence-corrected chi connectivity index (χ4v) is 3.79. The number of carbonyl (C=O) groups excluding carboxylic acids is 2. The molecular formula is C27H21N3O4. The summed E-state index contributed by atoms with van der Waals surface area (Å²) in [4.78, 5) is 24.6. The van der Waals surface area contributed by atoms with Crippen LogP contribution in [0.5, 0.6) is 11.5 Å². The minimum Gasteiger partial charge on any atom is -0.410 e. The summed E-state index contributed by atoms with van der Waals surface area (Å²) in [5, 5.41) is 17.6. The van der Waals surface area contributed by atoms with Gasteiger partial charge in [-0.05, 0) is 59.7 Å². The molecule has 0 heterocycles. The van der Waals surface area contributed by atoms with Crippen LogP contribution in [0.4, 0.5) is 9.59 Å². The van der Waals surface area contributed by atoms with Gasteiger partial charge in [0.25, 0.3) is 0 Å². The zero-order chi connectivity index (χ0) is 24.1. The molecule has 2 N–H and O–H groups in total. The van der Waals surface area contributed by atoms with Gasteiger partial charge in [-0.2, -0.15) is 5.26 Å². The summed E-state index contributed by atoms with van der Waals surface area (Å²) in [5.41, 5.74) is 1.62. The van der Waals surface area contributed by atoms with Crippen molar-refractivity contribution >= 4 is 33.7 Å². The first-order valence-corrected chi connectivity index (χ1v) is 10.5. The van der Waals surface area contributed by atoms with Crippen LogP contribution in [0.1, 0.15) is 5.56 Å². The van der Waals surface area contributed by atoms with Crippen LogP contribution in [0.2, 0.25) is 0 Å². The number of rotatable bonds is 5. The van der Waals surface area contributed by atoms with E-state index in [4.69, 9.17) is 9.47 Å². The predicted octanol–water partition coefficient (Wildman–Crippen LogP) is 5.38. The molecule has 0 fully saturated rings. The summed E-state index contributed by atoms with van der Waals surface area (Å²) in [6.07, 6.45) is -1.32. The summed E-state index contributed by atoms with van der Waals surface area (Å²) >= 11 is 0. The Morgan fingerprint density at radius 3 is 1.91 bits per heavy atom. The van der Waals surface area contributed by atoms with E-state index < -0.39 is 12.2 Å². The maximum Gasteiger partial charge on any atom is 0.412 e. The number of hydrogen-bond donors (Lipinski definition) is 2. The van der Waals surface area contributed by atoms with E-state index in [0.717, 1.165) is 21.5 Å². The standard InChI is InChI=1S/C27H21N3O4/c1-3-29-26(31)33-22-13-10-18-7-5-6-8-20(18)24(22)25-21-12-9-17(16-28)15-19(21)11-14-23(25)34-27(32)30-4-2/h5-15H,1-4H2,(H,29,31)(H,30,32). The SMILES string of the molecule is [CH2]CNC(=O)Oc1ccc2ccccc2c1-c1c(OC(=O)NC[CH2])ccc2cc(C#N)ccc12. The van der Waals surface area contributed by atoms with Gasteiger partial charge in [0.1, 0.15) is 11.5 Å². The summed E-state index contributed by atoms with van der Waals surface area (Å²) in [7, 11) is 0. The Labute approximate surface area is 196 Å². The van der Waals surface area contributed by atoms with E-state index >= 15 is 0 Å². The average Bonchev–Trinajstić information content (AvgIpc) is 2.84. The molecule has 0 bridgehead atoms. The van der Waals surface area contributed by atoms with Crippen molar-refractivity contribution in [1.29, 1.82) is 5.26 Å². The third kappa shape index (κ3) is 4.48. The highest BCUT2D eigenvalue weighted by atomic mass is 16.6. The summed E-state index contributed by atoms with van der Waals surface area (Å²) in [6.45, 7) is 7.53. The van der Waals surface area contributed by atoms with Crippen molar-refractivity contribution in [1.82, 2.24) is 10.6 Å². The molecule has 0 saturated heterocycles. The molecule has 4 rings (SSSR count). The monoisotopic (exact) mass is 451 g/mol. The van der Waals surface area contributed by atoms with Crippen molar-refractivity contribution < 1.29 is 19.1 Å². The Morgan fingerprint density at radius 2 is 1.32 bits per heavy atom. The first kappa shape index (κ1) is 22.6. The van der Waals surface area contributed by atoms with Crippen molar-refractivity contribution in [3.8, 4) is 28.7 Å². The van der Waals surface area contributed by atoms with Gasteiger partial charge >= 0.3 is 12.2 Å². The van der Waals surface area contributed by atoms with Crippen molar-refractivity contribution in [2.75, 3.05) is 13.1 Å². The normalized spacial score (nSPS) is 10.5. The van der Waals surface area contributed by atoms with E-state index in [1.54, 1.807) is 36.4 Å². The van der Waals surface area contributed by atoms with Gasteiger partial charge in [0.15, 0.2) is 0 Å². The van der Waals surface area contributed by atoms with E-state index in [2.05, 4.69) is 30.6 Å². The molecule has 0 spiro atoms. The number of benzene rings is 4. The van der Waals surface area contributed by atoms with Gasteiger partial charge in [-0.1, -0.05) is 42.5 Å². The molecule has 2 radical (unpaired) electrons. The molecule has 0 saturated carbocycles. The molecule has 4 aromatic carbocycles. The highest BCUT2D eigenvalue weighted by molar-refractivity contribution is 6.10. The van der Waals surface area contributed by atoms with Crippen LogP contribution in [-0.2, 0) is 0 Å². The van der Waals surface area contributed by atoms with Crippen molar-refractivity contribution in [3.63, 3.8) is 0 Å². The molecule has 0 atom stereocenters. The highest BCUT2D eigenvalue weighted by Crippen LogP contribution is 2.45. The second-order valence-electron chi connectivity index (χ2n) is 7.28. The largest absolute Gasteiger partial charge is 0.412 e. The van der Waals surface area contributed by atoms with E-state index in [-0.39, 0.29) is 24.6 Å². The highest BCUT2D eigenvalue weighted by Gasteiger charge is 2.22.